The molecular formula is C15H21N3O4. The molecule has 2 aromatic rings. The molecule has 2 atom stereocenters. The van der Waals surface area contributed by atoms with Crippen LogP contribution in [0.5, 0.6) is 0 Å². The number of aryl methyl sites for hydroxylation is 1. The average Bonchev–Trinajstić information content (AvgIpc) is 3.20. The fourth-order valence-electron chi connectivity index (χ4n) is 2.80. The van der Waals surface area contributed by atoms with E-state index in [1.165, 1.54) is 0 Å². The zero-order chi connectivity index (χ0) is 15.4. The maximum Gasteiger partial charge on any atom is 0.223 e. The van der Waals surface area contributed by atoms with Gasteiger partial charge in [0.1, 0.15) is 12.4 Å². The largest absolute Gasteiger partial charge is 0.467 e. The lowest BCUT2D eigenvalue weighted by molar-refractivity contribution is 0.00252. The fourth-order valence-corrected chi connectivity index (χ4v) is 2.80. The molecule has 0 bridgehead atoms. The standard InChI is InChI=1S/C15H21N3O4/c1-11-16-15(17-22-11)14-5-2-6-18(14)8-12(19)9-20-10-13-4-3-7-21-13/h3-4,7,12,14,19H,2,5-6,8-10H2,1H3/t12-,14+/m1/s1. The maximum atomic E-state index is 10.1. The summed E-state index contributed by atoms with van der Waals surface area (Å²) in [5.74, 6) is 2.04. The van der Waals surface area contributed by atoms with Crippen molar-refractivity contribution in [3.05, 3.63) is 35.9 Å². The predicted molar refractivity (Wildman–Crippen MR) is 77.0 cm³/mol. The highest BCUT2D eigenvalue weighted by molar-refractivity contribution is 4.98. The van der Waals surface area contributed by atoms with E-state index in [2.05, 4.69) is 15.0 Å². The molecule has 2 aromatic heterocycles. The summed E-state index contributed by atoms with van der Waals surface area (Å²) in [6.07, 6.45) is 3.11. The number of likely N-dealkylation sites (tertiary alicyclic amines) is 1. The molecule has 3 rings (SSSR count). The number of aromatic nitrogens is 2. The minimum Gasteiger partial charge on any atom is -0.467 e. The first-order valence-corrected chi connectivity index (χ1v) is 7.55. The molecule has 0 aliphatic carbocycles. The Balaban J connectivity index is 1.46. The Kier molecular flexibility index (Phi) is 4.87. The number of furan rings is 1. The van der Waals surface area contributed by atoms with Crippen molar-refractivity contribution in [3.63, 3.8) is 0 Å². The van der Waals surface area contributed by atoms with E-state index >= 15 is 0 Å². The summed E-state index contributed by atoms with van der Waals surface area (Å²) < 4.78 is 15.7. The van der Waals surface area contributed by atoms with E-state index in [-0.39, 0.29) is 12.6 Å². The molecule has 0 unspecified atom stereocenters. The molecule has 0 aromatic carbocycles. The zero-order valence-electron chi connectivity index (χ0n) is 12.6. The van der Waals surface area contributed by atoms with Gasteiger partial charge >= 0.3 is 0 Å². The summed E-state index contributed by atoms with van der Waals surface area (Å²) in [4.78, 5) is 6.49. The summed E-state index contributed by atoms with van der Waals surface area (Å²) in [5.41, 5.74) is 0. The van der Waals surface area contributed by atoms with Crippen molar-refractivity contribution in [2.24, 2.45) is 0 Å². The highest BCUT2D eigenvalue weighted by atomic mass is 16.5. The third-order valence-electron chi connectivity index (χ3n) is 3.78. The van der Waals surface area contributed by atoms with Gasteiger partial charge in [0.25, 0.3) is 0 Å². The highest BCUT2D eigenvalue weighted by Crippen LogP contribution is 2.30. The van der Waals surface area contributed by atoms with Crippen molar-refractivity contribution in [2.45, 2.75) is 38.5 Å². The van der Waals surface area contributed by atoms with Crippen molar-refractivity contribution >= 4 is 0 Å². The molecule has 0 amide bonds. The third kappa shape index (κ3) is 3.73. The minimum atomic E-state index is -0.552. The van der Waals surface area contributed by atoms with Crippen LogP contribution >= 0.6 is 0 Å². The number of aliphatic hydroxyl groups is 1. The molecule has 0 radical (unpaired) electrons. The van der Waals surface area contributed by atoms with E-state index < -0.39 is 6.10 Å². The summed E-state index contributed by atoms with van der Waals surface area (Å²) in [6.45, 7) is 3.89. The second-order valence-corrected chi connectivity index (χ2v) is 5.57. The van der Waals surface area contributed by atoms with Gasteiger partial charge in [0.05, 0.1) is 25.0 Å². The molecule has 1 aliphatic heterocycles. The van der Waals surface area contributed by atoms with Gasteiger partial charge in [-0.1, -0.05) is 5.16 Å². The number of hydrogen-bond acceptors (Lipinski definition) is 7. The third-order valence-corrected chi connectivity index (χ3v) is 3.78. The maximum absolute atomic E-state index is 10.1. The first-order valence-electron chi connectivity index (χ1n) is 7.55. The number of aliphatic hydroxyl groups excluding tert-OH is 1. The van der Waals surface area contributed by atoms with Crippen LogP contribution in [-0.2, 0) is 11.3 Å². The van der Waals surface area contributed by atoms with E-state index in [0.29, 0.717) is 24.9 Å². The van der Waals surface area contributed by atoms with E-state index in [4.69, 9.17) is 13.7 Å². The zero-order valence-corrected chi connectivity index (χ0v) is 12.6. The van der Waals surface area contributed by atoms with Crippen LogP contribution in [0.25, 0.3) is 0 Å². The summed E-state index contributed by atoms with van der Waals surface area (Å²) in [7, 11) is 0. The first kappa shape index (κ1) is 15.2. The first-order chi connectivity index (χ1) is 10.7. The molecule has 1 aliphatic rings. The van der Waals surface area contributed by atoms with Crippen LogP contribution < -0.4 is 0 Å². The Bertz CT molecular complexity index is 569. The molecular weight excluding hydrogens is 286 g/mol. The van der Waals surface area contributed by atoms with Crippen LogP contribution in [0.15, 0.2) is 27.3 Å². The van der Waals surface area contributed by atoms with Gasteiger partial charge in [-0.25, -0.2) is 0 Å². The van der Waals surface area contributed by atoms with Gasteiger partial charge in [-0.05, 0) is 31.5 Å². The number of rotatable bonds is 7. The fraction of sp³-hybridized carbons (Fsp3) is 0.600. The van der Waals surface area contributed by atoms with Crippen molar-refractivity contribution in [1.29, 1.82) is 0 Å². The van der Waals surface area contributed by atoms with Crippen LogP contribution in [0, 0.1) is 6.92 Å². The second kappa shape index (κ2) is 7.04. The van der Waals surface area contributed by atoms with Gasteiger partial charge < -0.3 is 18.8 Å². The van der Waals surface area contributed by atoms with Crippen LogP contribution in [0.3, 0.4) is 0 Å². The number of hydrogen-bond donors (Lipinski definition) is 1. The van der Waals surface area contributed by atoms with Crippen LogP contribution in [0.1, 0.15) is 36.4 Å². The monoisotopic (exact) mass is 307 g/mol. The van der Waals surface area contributed by atoms with Gasteiger partial charge in [0.15, 0.2) is 5.82 Å². The Hall–Kier alpha value is -1.70. The summed E-state index contributed by atoms with van der Waals surface area (Å²) in [6, 6.07) is 3.79. The van der Waals surface area contributed by atoms with Gasteiger partial charge in [-0.3, -0.25) is 4.90 Å². The van der Waals surface area contributed by atoms with Crippen molar-refractivity contribution in [3.8, 4) is 0 Å². The van der Waals surface area contributed by atoms with Crippen LogP contribution in [0.2, 0.25) is 0 Å². The second-order valence-electron chi connectivity index (χ2n) is 5.57. The lowest BCUT2D eigenvalue weighted by atomic mass is 10.2. The van der Waals surface area contributed by atoms with E-state index in [0.717, 1.165) is 25.1 Å². The number of β-amino-alcohol motifs (C(OH)–C–C–N with tert-alkyl or cyclic N) is 1. The lowest BCUT2D eigenvalue weighted by Gasteiger charge is -2.24. The molecule has 7 nitrogen and oxygen atoms in total. The van der Waals surface area contributed by atoms with Crippen LogP contribution in [0.4, 0.5) is 0 Å². The summed E-state index contributed by atoms with van der Waals surface area (Å²) in [5, 5.41) is 14.1. The topological polar surface area (TPSA) is 84.8 Å². The smallest absolute Gasteiger partial charge is 0.223 e. The Morgan fingerprint density at radius 2 is 2.45 bits per heavy atom. The van der Waals surface area contributed by atoms with Gasteiger partial charge in [-0.15, -0.1) is 0 Å². The SMILES string of the molecule is Cc1nc([C@@H]2CCCN2C[C@@H](O)COCc2ccco2)no1. The molecule has 3 heterocycles. The molecule has 1 fully saturated rings. The van der Waals surface area contributed by atoms with E-state index in [1.54, 1.807) is 13.2 Å². The van der Waals surface area contributed by atoms with Crippen molar-refractivity contribution in [2.75, 3.05) is 19.7 Å². The molecule has 22 heavy (non-hydrogen) atoms. The van der Waals surface area contributed by atoms with Gasteiger partial charge in [-0.2, -0.15) is 4.98 Å². The van der Waals surface area contributed by atoms with E-state index in [9.17, 15) is 5.11 Å². The number of ether oxygens (including phenoxy) is 1. The Morgan fingerprint density at radius 3 is 3.18 bits per heavy atom. The Morgan fingerprint density at radius 1 is 1.55 bits per heavy atom. The lowest BCUT2D eigenvalue weighted by Crippen LogP contribution is -2.35. The average molecular weight is 307 g/mol. The highest BCUT2D eigenvalue weighted by Gasteiger charge is 2.30. The van der Waals surface area contributed by atoms with Crippen molar-refractivity contribution in [1.82, 2.24) is 15.0 Å². The van der Waals surface area contributed by atoms with Crippen LogP contribution in [-0.4, -0.2) is 45.9 Å². The normalized spacial score (nSPS) is 20.5. The molecule has 1 saturated heterocycles. The van der Waals surface area contributed by atoms with Crippen molar-refractivity contribution < 1.29 is 18.8 Å². The van der Waals surface area contributed by atoms with E-state index in [1.807, 2.05) is 12.1 Å². The molecule has 0 saturated carbocycles. The minimum absolute atomic E-state index is 0.122. The molecule has 1 N–H and O–H groups in total. The molecule has 120 valence electrons. The summed E-state index contributed by atoms with van der Waals surface area (Å²) >= 11 is 0. The Labute approximate surface area is 128 Å². The number of nitrogens with zero attached hydrogens (tertiary/aromatic N) is 3. The van der Waals surface area contributed by atoms with Gasteiger partial charge in [0.2, 0.25) is 5.89 Å². The molecule has 7 heteroatoms. The van der Waals surface area contributed by atoms with Gasteiger partial charge in [0, 0.05) is 13.5 Å². The predicted octanol–water partition coefficient (Wildman–Crippen LogP) is 1.69. The molecule has 0 spiro atoms. The quantitative estimate of drug-likeness (QED) is 0.833.